The number of benzene rings is 1. The van der Waals surface area contributed by atoms with Crippen molar-refractivity contribution in [2.45, 2.75) is 25.3 Å². The standard InChI is InChI=1S/C14H19NO3/c15-13(14(9-16)4-1-5-14)10-2-3-11-12(8-10)18-7-6-17-11/h2-3,8,13,16H,1,4-7,9,15H2. The van der Waals surface area contributed by atoms with E-state index in [9.17, 15) is 5.11 Å². The van der Waals surface area contributed by atoms with Gasteiger partial charge in [0.1, 0.15) is 13.2 Å². The van der Waals surface area contributed by atoms with Crippen molar-refractivity contribution in [3.63, 3.8) is 0 Å². The fraction of sp³-hybridized carbons (Fsp3) is 0.571. The molecule has 0 radical (unpaired) electrons. The summed E-state index contributed by atoms with van der Waals surface area (Å²) in [7, 11) is 0. The highest BCUT2D eigenvalue weighted by Gasteiger charge is 2.42. The Morgan fingerprint density at radius 2 is 1.94 bits per heavy atom. The minimum Gasteiger partial charge on any atom is -0.486 e. The van der Waals surface area contributed by atoms with Crippen LogP contribution in [0.4, 0.5) is 0 Å². The molecule has 1 fully saturated rings. The van der Waals surface area contributed by atoms with Gasteiger partial charge in [0.15, 0.2) is 11.5 Å². The van der Waals surface area contributed by atoms with E-state index >= 15 is 0 Å². The predicted octanol–water partition coefficient (Wildman–Crippen LogP) is 1.62. The summed E-state index contributed by atoms with van der Waals surface area (Å²) in [4.78, 5) is 0. The van der Waals surface area contributed by atoms with E-state index in [1.807, 2.05) is 18.2 Å². The molecule has 18 heavy (non-hydrogen) atoms. The molecule has 0 saturated heterocycles. The molecule has 1 atom stereocenters. The van der Waals surface area contributed by atoms with Gasteiger partial charge in [-0.3, -0.25) is 0 Å². The lowest BCUT2D eigenvalue weighted by Crippen LogP contribution is -2.43. The Balaban J connectivity index is 1.87. The van der Waals surface area contributed by atoms with Crippen molar-refractivity contribution < 1.29 is 14.6 Å². The molecule has 1 aromatic rings. The number of hydrogen-bond donors (Lipinski definition) is 2. The topological polar surface area (TPSA) is 64.7 Å². The number of fused-ring (bicyclic) bond motifs is 1. The number of rotatable bonds is 3. The minimum absolute atomic E-state index is 0.132. The van der Waals surface area contributed by atoms with E-state index in [4.69, 9.17) is 15.2 Å². The van der Waals surface area contributed by atoms with E-state index < -0.39 is 0 Å². The number of aliphatic hydroxyl groups is 1. The number of aliphatic hydroxyl groups excluding tert-OH is 1. The van der Waals surface area contributed by atoms with E-state index in [1.54, 1.807) is 0 Å². The predicted molar refractivity (Wildman–Crippen MR) is 67.7 cm³/mol. The third-order valence-corrected chi connectivity index (χ3v) is 4.25. The fourth-order valence-electron chi connectivity index (χ4n) is 2.81. The third kappa shape index (κ3) is 1.76. The molecule has 3 rings (SSSR count). The normalized spacial score (nSPS) is 22.1. The van der Waals surface area contributed by atoms with Gasteiger partial charge in [-0.05, 0) is 30.5 Å². The third-order valence-electron chi connectivity index (χ3n) is 4.25. The minimum atomic E-state index is -0.135. The smallest absolute Gasteiger partial charge is 0.161 e. The lowest BCUT2D eigenvalue weighted by Gasteiger charge is -2.45. The summed E-state index contributed by atoms with van der Waals surface area (Å²) in [6, 6.07) is 5.71. The summed E-state index contributed by atoms with van der Waals surface area (Å²) in [6.07, 6.45) is 3.15. The number of nitrogens with two attached hydrogens (primary N) is 1. The van der Waals surface area contributed by atoms with Gasteiger partial charge in [0, 0.05) is 11.5 Å². The first-order valence-corrected chi connectivity index (χ1v) is 6.51. The Labute approximate surface area is 107 Å². The van der Waals surface area contributed by atoms with Crippen LogP contribution in [-0.4, -0.2) is 24.9 Å². The molecule has 1 saturated carbocycles. The Morgan fingerprint density at radius 1 is 1.22 bits per heavy atom. The van der Waals surface area contributed by atoms with Gasteiger partial charge in [0.2, 0.25) is 0 Å². The van der Waals surface area contributed by atoms with Crippen LogP contribution in [0.25, 0.3) is 0 Å². The molecule has 1 aromatic carbocycles. The molecule has 4 heteroatoms. The Bertz CT molecular complexity index is 437. The van der Waals surface area contributed by atoms with Crippen LogP contribution in [0.15, 0.2) is 18.2 Å². The van der Waals surface area contributed by atoms with Crippen LogP contribution in [0.3, 0.4) is 0 Å². The second-order valence-electron chi connectivity index (χ2n) is 5.25. The molecule has 4 nitrogen and oxygen atoms in total. The molecule has 0 bridgehead atoms. The summed E-state index contributed by atoms with van der Waals surface area (Å²) in [5.74, 6) is 1.55. The van der Waals surface area contributed by atoms with Gasteiger partial charge in [0.25, 0.3) is 0 Å². The maximum Gasteiger partial charge on any atom is 0.161 e. The van der Waals surface area contributed by atoms with Crippen molar-refractivity contribution in [3.05, 3.63) is 23.8 Å². The first-order valence-electron chi connectivity index (χ1n) is 6.51. The number of ether oxygens (including phenoxy) is 2. The molecule has 0 amide bonds. The van der Waals surface area contributed by atoms with Crippen LogP contribution in [0.1, 0.15) is 30.9 Å². The Hall–Kier alpha value is -1.26. The molecule has 1 aliphatic heterocycles. The first-order chi connectivity index (χ1) is 8.75. The fourth-order valence-corrected chi connectivity index (χ4v) is 2.81. The average Bonchev–Trinajstić information content (AvgIpc) is 2.37. The van der Waals surface area contributed by atoms with E-state index in [0.29, 0.717) is 13.2 Å². The molecule has 0 spiro atoms. The van der Waals surface area contributed by atoms with Crippen molar-refractivity contribution in [1.29, 1.82) is 0 Å². The summed E-state index contributed by atoms with van der Waals surface area (Å²) >= 11 is 0. The molecule has 1 unspecified atom stereocenters. The Morgan fingerprint density at radius 3 is 2.56 bits per heavy atom. The van der Waals surface area contributed by atoms with E-state index in [1.165, 1.54) is 0 Å². The summed E-state index contributed by atoms with van der Waals surface area (Å²) in [6.45, 7) is 1.33. The van der Waals surface area contributed by atoms with E-state index in [2.05, 4.69) is 0 Å². The molecule has 1 heterocycles. The van der Waals surface area contributed by atoms with Crippen LogP contribution in [0, 0.1) is 5.41 Å². The summed E-state index contributed by atoms with van der Waals surface area (Å²) in [5, 5.41) is 9.57. The lowest BCUT2D eigenvalue weighted by molar-refractivity contribution is 0.0182. The first kappa shape index (κ1) is 11.8. The molecule has 3 N–H and O–H groups in total. The second kappa shape index (κ2) is 4.44. The van der Waals surface area contributed by atoms with Crippen LogP contribution in [-0.2, 0) is 0 Å². The number of hydrogen-bond acceptors (Lipinski definition) is 4. The van der Waals surface area contributed by atoms with Gasteiger partial charge in [-0.2, -0.15) is 0 Å². The maximum absolute atomic E-state index is 9.57. The zero-order valence-corrected chi connectivity index (χ0v) is 10.4. The van der Waals surface area contributed by atoms with Crippen molar-refractivity contribution in [1.82, 2.24) is 0 Å². The summed E-state index contributed by atoms with van der Waals surface area (Å²) in [5.41, 5.74) is 7.21. The van der Waals surface area contributed by atoms with Crippen molar-refractivity contribution in [2.24, 2.45) is 11.1 Å². The van der Waals surface area contributed by atoms with E-state index in [-0.39, 0.29) is 18.1 Å². The van der Waals surface area contributed by atoms with Crippen molar-refractivity contribution in [3.8, 4) is 11.5 Å². The zero-order valence-electron chi connectivity index (χ0n) is 10.4. The van der Waals surface area contributed by atoms with Gasteiger partial charge in [-0.25, -0.2) is 0 Å². The van der Waals surface area contributed by atoms with Crippen LogP contribution in [0.5, 0.6) is 11.5 Å². The van der Waals surface area contributed by atoms with E-state index in [0.717, 1.165) is 36.3 Å². The van der Waals surface area contributed by atoms with Crippen LogP contribution < -0.4 is 15.2 Å². The SMILES string of the molecule is NC(c1ccc2c(c1)OCCO2)C1(CO)CCC1. The molecule has 0 aromatic heterocycles. The molecule has 98 valence electrons. The average molecular weight is 249 g/mol. The highest BCUT2D eigenvalue weighted by atomic mass is 16.6. The van der Waals surface area contributed by atoms with Crippen molar-refractivity contribution >= 4 is 0 Å². The van der Waals surface area contributed by atoms with Gasteiger partial charge in [-0.1, -0.05) is 12.5 Å². The molecule has 2 aliphatic rings. The van der Waals surface area contributed by atoms with Crippen LogP contribution >= 0.6 is 0 Å². The Kier molecular flexibility index (Phi) is 2.92. The second-order valence-corrected chi connectivity index (χ2v) is 5.25. The van der Waals surface area contributed by atoms with Crippen LogP contribution in [0.2, 0.25) is 0 Å². The van der Waals surface area contributed by atoms with Gasteiger partial charge >= 0.3 is 0 Å². The maximum atomic E-state index is 9.57. The summed E-state index contributed by atoms with van der Waals surface area (Å²) < 4.78 is 11.1. The molecular weight excluding hydrogens is 230 g/mol. The molecular formula is C14H19NO3. The lowest BCUT2D eigenvalue weighted by atomic mass is 9.63. The van der Waals surface area contributed by atoms with Gasteiger partial charge in [0.05, 0.1) is 6.61 Å². The molecule has 1 aliphatic carbocycles. The monoisotopic (exact) mass is 249 g/mol. The highest BCUT2D eigenvalue weighted by molar-refractivity contribution is 5.45. The van der Waals surface area contributed by atoms with Gasteiger partial charge < -0.3 is 20.3 Å². The van der Waals surface area contributed by atoms with Gasteiger partial charge in [-0.15, -0.1) is 0 Å². The van der Waals surface area contributed by atoms with Crippen molar-refractivity contribution in [2.75, 3.05) is 19.8 Å². The highest BCUT2D eigenvalue weighted by Crippen LogP contribution is 2.49. The largest absolute Gasteiger partial charge is 0.486 e. The quantitative estimate of drug-likeness (QED) is 0.854. The zero-order chi connectivity index (χ0) is 12.6.